The second-order valence-corrected chi connectivity index (χ2v) is 4.18. The molecule has 0 aliphatic rings. The standard InChI is InChI=1S/C15H14N2O/c1-10-7-15(18-3)11(2)6-13(10)14-5-4-12(8-16)9-17-14/h4-7,9H,1-3H3. The molecule has 90 valence electrons. The van der Waals surface area contributed by atoms with E-state index in [4.69, 9.17) is 10.00 Å². The Hall–Kier alpha value is -2.34. The van der Waals surface area contributed by atoms with Gasteiger partial charge in [0.2, 0.25) is 0 Å². The van der Waals surface area contributed by atoms with E-state index in [1.165, 1.54) is 0 Å². The van der Waals surface area contributed by atoms with E-state index >= 15 is 0 Å². The van der Waals surface area contributed by atoms with Crippen LogP contribution in [0.5, 0.6) is 5.75 Å². The third-order valence-corrected chi connectivity index (χ3v) is 2.91. The minimum absolute atomic E-state index is 0.571. The molecule has 1 aromatic carbocycles. The van der Waals surface area contributed by atoms with Gasteiger partial charge >= 0.3 is 0 Å². The van der Waals surface area contributed by atoms with Crippen LogP contribution in [0.2, 0.25) is 0 Å². The number of nitriles is 1. The summed E-state index contributed by atoms with van der Waals surface area (Å²) in [5.41, 5.74) is 4.69. The Kier molecular flexibility index (Phi) is 3.29. The average molecular weight is 238 g/mol. The molecular formula is C15H14N2O. The van der Waals surface area contributed by atoms with Crippen molar-refractivity contribution < 1.29 is 4.74 Å². The van der Waals surface area contributed by atoms with Gasteiger partial charge in [-0.2, -0.15) is 5.26 Å². The highest BCUT2D eigenvalue weighted by Crippen LogP contribution is 2.28. The van der Waals surface area contributed by atoms with Gasteiger partial charge in [0.25, 0.3) is 0 Å². The zero-order valence-electron chi connectivity index (χ0n) is 10.7. The lowest BCUT2D eigenvalue weighted by Gasteiger charge is -2.10. The topological polar surface area (TPSA) is 45.9 Å². The van der Waals surface area contributed by atoms with Gasteiger partial charge in [0.15, 0.2) is 0 Å². The van der Waals surface area contributed by atoms with Gasteiger partial charge < -0.3 is 4.74 Å². The van der Waals surface area contributed by atoms with Crippen LogP contribution in [0.25, 0.3) is 11.3 Å². The van der Waals surface area contributed by atoms with Crippen LogP contribution < -0.4 is 4.74 Å². The van der Waals surface area contributed by atoms with E-state index in [2.05, 4.69) is 17.1 Å². The number of methoxy groups -OCH3 is 1. The fourth-order valence-corrected chi connectivity index (χ4v) is 1.90. The van der Waals surface area contributed by atoms with Crippen LogP contribution in [0.15, 0.2) is 30.5 Å². The normalized spacial score (nSPS) is 9.89. The highest BCUT2D eigenvalue weighted by molar-refractivity contribution is 5.66. The van der Waals surface area contributed by atoms with Crippen molar-refractivity contribution in [2.24, 2.45) is 0 Å². The Balaban J connectivity index is 2.50. The Labute approximate surface area is 107 Å². The summed E-state index contributed by atoms with van der Waals surface area (Å²) in [4.78, 5) is 4.31. The number of aryl methyl sites for hydroxylation is 2. The Morgan fingerprint density at radius 2 is 1.94 bits per heavy atom. The number of ether oxygens (including phenoxy) is 1. The van der Waals surface area contributed by atoms with Gasteiger partial charge in [0, 0.05) is 11.8 Å². The number of benzene rings is 1. The molecular weight excluding hydrogens is 224 g/mol. The van der Waals surface area contributed by atoms with Gasteiger partial charge in [0.1, 0.15) is 11.8 Å². The van der Waals surface area contributed by atoms with Crippen LogP contribution in [0.1, 0.15) is 16.7 Å². The maximum atomic E-state index is 8.76. The third-order valence-electron chi connectivity index (χ3n) is 2.91. The molecule has 1 aromatic heterocycles. The van der Waals surface area contributed by atoms with Crippen LogP contribution in [0, 0.1) is 25.2 Å². The van der Waals surface area contributed by atoms with Crippen molar-refractivity contribution in [1.82, 2.24) is 4.98 Å². The summed E-state index contributed by atoms with van der Waals surface area (Å²) in [6, 6.07) is 9.78. The summed E-state index contributed by atoms with van der Waals surface area (Å²) in [6.45, 7) is 4.03. The molecule has 2 rings (SSSR count). The monoisotopic (exact) mass is 238 g/mol. The van der Waals surface area contributed by atoms with Crippen LogP contribution in [0.4, 0.5) is 0 Å². The molecule has 0 saturated carbocycles. The van der Waals surface area contributed by atoms with Gasteiger partial charge in [-0.15, -0.1) is 0 Å². The van der Waals surface area contributed by atoms with Crippen molar-refractivity contribution in [3.63, 3.8) is 0 Å². The molecule has 3 heteroatoms. The molecule has 0 saturated heterocycles. The van der Waals surface area contributed by atoms with Crippen LogP contribution in [0.3, 0.4) is 0 Å². The predicted molar refractivity (Wildman–Crippen MR) is 70.4 cm³/mol. The van der Waals surface area contributed by atoms with Crippen molar-refractivity contribution in [3.8, 4) is 23.1 Å². The van der Waals surface area contributed by atoms with Crippen LogP contribution in [-0.4, -0.2) is 12.1 Å². The molecule has 0 aliphatic carbocycles. The molecule has 0 atom stereocenters. The number of aromatic nitrogens is 1. The lowest BCUT2D eigenvalue weighted by molar-refractivity contribution is 0.411. The summed E-state index contributed by atoms with van der Waals surface area (Å²) in [6.07, 6.45) is 1.59. The van der Waals surface area contributed by atoms with E-state index in [9.17, 15) is 0 Å². The number of hydrogen-bond donors (Lipinski definition) is 0. The van der Waals surface area contributed by atoms with Gasteiger partial charge in [-0.1, -0.05) is 0 Å². The molecule has 2 aromatic rings. The van der Waals surface area contributed by atoms with Crippen molar-refractivity contribution in [1.29, 1.82) is 5.26 Å². The molecule has 1 heterocycles. The molecule has 0 N–H and O–H groups in total. The minimum Gasteiger partial charge on any atom is -0.496 e. The van der Waals surface area contributed by atoms with E-state index in [0.29, 0.717) is 5.56 Å². The first kappa shape index (κ1) is 12.1. The van der Waals surface area contributed by atoms with Gasteiger partial charge in [0.05, 0.1) is 18.4 Å². The highest BCUT2D eigenvalue weighted by atomic mass is 16.5. The number of rotatable bonds is 2. The van der Waals surface area contributed by atoms with Gasteiger partial charge in [-0.25, -0.2) is 0 Å². The Bertz CT molecular complexity index is 610. The molecule has 0 aliphatic heterocycles. The van der Waals surface area contributed by atoms with E-state index in [-0.39, 0.29) is 0 Å². The van der Waals surface area contributed by atoms with Crippen molar-refractivity contribution in [2.75, 3.05) is 7.11 Å². The first-order valence-electron chi connectivity index (χ1n) is 5.67. The first-order valence-corrected chi connectivity index (χ1v) is 5.67. The zero-order valence-corrected chi connectivity index (χ0v) is 10.7. The predicted octanol–water partition coefficient (Wildman–Crippen LogP) is 3.25. The lowest BCUT2D eigenvalue weighted by Crippen LogP contribution is -1.93. The Morgan fingerprint density at radius 3 is 2.50 bits per heavy atom. The number of nitrogens with zero attached hydrogens (tertiary/aromatic N) is 2. The van der Waals surface area contributed by atoms with Crippen molar-refractivity contribution >= 4 is 0 Å². The van der Waals surface area contributed by atoms with Crippen molar-refractivity contribution in [3.05, 3.63) is 47.2 Å². The summed E-state index contributed by atoms with van der Waals surface area (Å²) < 4.78 is 5.29. The Morgan fingerprint density at radius 1 is 1.17 bits per heavy atom. The summed E-state index contributed by atoms with van der Waals surface area (Å²) >= 11 is 0. The van der Waals surface area contributed by atoms with Crippen molar-refractivity contribution in [2.45, 2.75) is 13.8 Å². The molecule has 0 bridgehead atoms. The molecule has 0 fully saturated rings. The summed E-state index contributed by atoms with van der Waals surface area (Å²) in [5.74, 6) is 0.880. The molecule has 18 heavy (non-hydrogen) atoms. The fourth-order valence-electron chi connectivity index (χ4n) is 1.90. The molecule has 0 amide bonds. The minimum atomic E-state index is 0.571. The number of hydrogen-bond acceptors (Lipinski definition) is 3. The molecule has 0 radical (unpaired) electrons. The lowest BCUT2D eigenvalue weighted by atomic mass is 10.0. The fraction of sp³-hybridized carbons (Fsp3) is 0.200. The first-order chi connectivity index (χ1) is 8.65. The molecule has 3 nitrogen and oxygen atoms in total. The quantitative estimate of drug-likeness (QED) is 0.806. The second-order valence-electron chi connectivity index (χ2n) is 4.18. The van der Waals surface area contributed by atoms with E-state index < -0.39 is 0 Å². The van der Waals surface area contributed by atoms with E-state index in [1.54, 1.807) is 19.4 Å². The van der Waals surface area contributed by atoms with E-state index in [1.807, 2.05) is 26.0 Å². The van der Waals surface area contributed by atoms with Crippen LogP contribution >= 0.6 is 0 Å². The maximum Gasteiger partial charge on any atom is 0.122 e. The third kappa shape index (κ3) is 2.18. The van der Waals surface area contributed by atoms with E-state index in [0.717, 1.165) is 28.1 Å². The second kappa shape index (κ2) is 4.89. The SMILES string of the molecule is COc1cc(C)c(-c2ccc(C#N)cn2)cc1C. The number of pyridine rings is 1. The smallest absolute Gasteiger partial charge is 0.122 e. The van der Waals surface area contributed by atoms with Gasteiger partial charge in [-0.3, -0.25) is 4.98 Å². The molecule has 0 unspecified atom stereocenters. The zero-order chi connectivity index (χ0) is 13.1. The largest absolute Gasteiger partial charge is 0.496 e. The average Bonchev–Trinajstić information content (AvgIpc) is 2.41. The summed E-state index contributed by atoms with van der Waals surface area (Å²) in [5, 5.41) is 8.76. The maximum absolute atomic E-state index is 8.76. The molecule has 0 spiro atoms. The summed E-state index contributed by atoms with van der Waals surface area (Å²) in [7, 11) is 1.67. The van der Waals surface area contributed by atoms with Gasteiger partial charge in [-0.05, 0) is 49.2 Å². The highest BCUT2D eigenvalue weighted by Gasteiger charge is 2.07. The van der Waals surface area contributed by atoms with Crippen LogP contribution in [-0.2, 0) is 0 Å².